The fourth-order valence-corrected chi connectivity index (χ4v) is 3.28. The Bertz CT molecular complexity index is 1160. The number of nitrogens with one attached hydrogen (secondary N) is 1. The molecule has 3 N–H and O–H groups in total. The van der Waals surface area contributed by atoms with E-state index in [4.69, 9.17) is 15.5 Å². The molecule has 0 aliphatic rings. The average Bonchev–Trinajstić information content (AvgIpc) is 2.69. The molecule has 5 nitrogen and oxygen atoms in total. The molecule has 0 radical (unpaired) electrons. The average molecular weight is 371 g/mol. The summed E-state index contributed by atoms with van der Waals surface area (Å²) in [5.41, 5.74) is 10.3. The van der Waals surface area contributed by atoms with Gasteiger partial charge in [0.05, 0.1) is 29.7 Å². The van der Waals surface area contributed by atoms with Gasteiger partial charge in [-0.25, -0.2) is 4.98 Å². The van der Waals surface area contributed by atoms with Crippen LogP contribution >= 0.6 is 0 Å². The highest BCUT2D eigenvalue weighted by Crippen LogP contribution is 2.32. The fraction of sp³-hybridized carbons (Fsp3) is 0.130. The van der Waals surface area contributed by atoms with Gasteiger partial charge in [-0.1, -0.05) is 30.3 Å². The van der Waals surface area contributed by atoms with Gasteiger partial charge >= 0.3 is 0 Å². The summed E-state index contributed by atoms with van der Waals surface area (Å²) in [6.07, 6.45) is 0.326. The molecule has 1 aromatic heterocycles. The largest absolute Gasteiger partial charge is 0.494 e. The molecule has 4 aromatic rings. The first-order valence-corrected chi connectivity index (χ1v) is 9.23. The molecular weight excluding hydrogens is 350 g/mol. The van der Waals surface area contributed by atoms with Gasteiger partial charge in [0.25, 0.3) is 0 Å². The van der Waals surface area contributed by atoms with Crippen molar-refractivity contribution >= 4 is 39.1 Å². The van der Waals surface area contributed by atoms with Crippen molar-refractivity contribution in [2.75, 3.05) is 17.7 Å². The number of nitrogen functional groups attached to an aromatic ring is 1. The molecule has 0 saturated heterocycles. The highest BCUT2D eigenvalue weighted by atomic mass is 16.5. The minimum absolute atomic E-state index is 0.0688. The third-order valence-electron chi connectivity index (χ3n) is 4.59. The van der Waals surface area contributed by atoms with Gasteiger partial charge in [-0.2, -0.15) is 0 Å². The van der Waals surface area contributed by atoms with Crippen LogP contribution in [0.3, 0.4) is 0 Å². The number of rotatable bonds is 5. The maximum atomic E-state index is 12.3. The standard InChI is InChI=1S/C23H21N3O2/c1-2-28-17-9-11-20-19(14-17)23(24)18-10-8-16(13-21(18)26-20)25-22(27)12-15-6-4-3-5-7-15/h3-11,13-14H,2,12H2,1H3,(H2,24,26)(H,25,27). The summed E-state index contributed by atoms with van der Waals surface area (Å²) < 4.78 is 5.56. The van der Waals surface area contributed by atoms with Crippen molar-refractivity contribution in [1.29, 1.82) is 0 Å². The first-order valence-electron chi connectivity index (χ1n) is 9.23. The van der Waals surface area contributed by atoms with Gasteiger partial charge in [0, 0.05) is 16.5 Å². The number of carbonyl (C=O) groups excluding carboxylic acids is 1. The number of hydrogen-bond donors (Lipinski definition) is 2. The van der Waals surface area contributed by atoms with E-state index in [1.165, 1.54) is 0 Å². The van der Waals surface area contributed by atoms with Crippen LogP contribution in [0, 0.1) is 0 Å². The number of anilines is 2. The Morgan fingerprint density at radius 3 is 2.61 bits per heavy atom. The van der Waals surface area contributed by atoms with Crippen LogP contribution in [-0.4, -0.2) is 17.5 Å². The summed E-state index contributed by atoms with van der Waals surface area (Å²) in [7, 11) is 0. The summed E-state index contributed by atoms with van der Waals surface area (Å²) in [6.45, 7) is 2.54. The highest BCUT2D eigenvalue weighted by Gasteiger charge is 2.10. The number of carbonyl (C=O) groups is 1. The van der Waals surface area contributed by atoms with Gasteiger partial charge in [-0.05, 0) is 48.9 Å². The lowest BCUT2D eigenvalue weighted by Gasteiger charge is -2.11. The number of hydrogen-bond acceptors (Lipinski definition) is 4. The maximum absolute atomic E-state index is 12.3. The molecule has 1 amide bonds. The van der Waals surface area contributed by atoms with Crippen molar-refractivity contribution in [3.05, 3.63) is 72.3 Å². The first kappa shape index (κ1) is 17.8. The Morgan fingerprint density at radius 2 is 1.82 bits per heavy atom. The van der Waals surface area contributed by atoms with E-state index in [1.54, 1.807) is 0 Å². The Kier molecular flexibility index (Phi) is 4.81. The van der Waals surface area contributed by atoms with Crippen LogP contribution in [-0.2, 0) is 11.2 Å². The molecule has 28 heavy (non-hydrogen) atoms. The number of aromatic nitrogens is 1. The summed E-state index contributed by atoms with van der Waals surface area (Å²) >= 11 is 0. The Labute approximate surface area is 163 Å². The maximum Gasteiger partial charge on any atom is 0.228 e. The van der Waals surface area contributed by atoms with Crippen molar-refractivity contribution in [2.24, 2.45) is 0 Å². The second-order valence-electron chi connectivity index (χ2n) is 6.58. The van der Waals surface area contributed by atoms with Gasteiger partial charge in [0.2, 0.25) is 5.91 Å². The number of fused-ring (bicyclic) bond motifs is 2. The lowest BCUT2D eigenvalue weighted by molar-refractivity contribution is -0.115. The van der Waals surface area contributed by atoms with E-state index in [1.807, 2.05) is 73.7 Å². The molecule has 0 atom stereocenters. The minimum Gasteiger partial charge on any atom is -0.494 e. The number of ether oxygens (including phenoxy) is 1. The van der Waals surface area contributed by atoms with E-state index < -0.39 is 0 Å². The SMILES string of the molecule is CCOc1ccc2nc3cc(NC(=O)Cc4ccccc4)ccc3c(N)c2c1. The van der Waals surface area contributed by atoms with Crippen LogP contribution < -0.4 is 15.8 Å². The molecule has 5 heteroatoms. The van der Waals surface area contributed by atoms with Crippen molar-refractivity contribution in [1.82, 2.24) is 4.98 Å². The molecular formula is C23H21N3O2. The lowest BCUT2D eigenvalue weighted by atomic mass is 10.1. The molecule has 140 valence electrons. The van der Waals surface area contributed by atoms with E-state index >= 15 is 0 Å². The molecule has 0 aliphatic heterocycles. The second-order valence-corrected chi connectivity index (χ2v) is 6.58. The fourth-order valence-electron chi connectivity index (χ4n) is 3.28. The molecule has 0 aliphatic carbocycles. The lowest BCUT2D eigenvalue weighted by Crippen LogP contribution is -2.14. The van der Waals surface area contributed by atoms with E-state index in [2.05, 4.69) is 5.32 Å². The number of nitrogens with two attached hydrogens (primary N) is 1. The van der Waals surface area contributed by atoms with Crippen LogP contribution in [0.4, 0.5) is 11.4 Å². The van der Waals surface area contributed by atoms with E-state index in [0.29, 0.717) is 24.4 Å². The van der Waals surface area contributed by atoms with Crippen molar-refractivity contribution in [3.8, 4) is 5.75 Å². The molecule has 0 fully saturated rings. The summed E-state index contributed by atoms with van der Waals surface area (Å²) in [6, 6.07) is 20.9. The quantitative estimate of drug-likeness (QED) is 0.505. The number of nitrogens with zero attached hydrogens (tertiary/aromatic N) is 1. The molecule has 0 bridgehead atoms. The molecule has 0 unspecified atom stereocenters. The van der Waals surface area contributed by atoms with E-state index in [-0.39, 0.29) is 5.91 Å². The zero-order chi connectivity index (χ0) is 19.5. The monoisotopic (exact) mass is 371 g/mol. The third-order valence-corrected chi connectivity index (χ3v) is 4.59. The second kappa shape index (κ2) is 7.56. The van der Waals surface area contributed by atoms with E-state index in [0.717, 1.165) is 33.1 Å². The number of pyridine rings is 1. The molecule has 1 heterocycles. The predicted octanol–water partition coefficient (Wildman–Crippen LogP) is 4.55. The number of benzene rings is 3. The predicted molar refractivity (Wildman–Crippen MR) is 114 cm³/mol. The minimum atomic E-state index is -0.0688. The topological polar surface area (TPSA) is 77.2 Å². The Hall–Kier alpha value is -3.60. The van der Waals surface area contributed by atoms with Gasteiger partial charge in [0.15, 0.2) is 0 Å². The van der Waals surface area contributed by atoms with Crippen LogP contribution in [0.5, 0.6) is 5.75 Å². The first-order chi connectivity index (χ1) is 13.6. The van der Waals surface area contributed by atoms with Crippen molar-refractivity contribution in [2.45, 2.75) is 13.3 Å². The smallest absolute Gasteiger partial charge is 0.228 e. The van der Waals surface area contributed by atoms with Crippen LogP contribution in [0.25, 0.3) is 21.8 Å². The number of amides is 1. The van der Waals surface area contributed by atoms with Crippen LogP contribution in [0.15, 0.2) is 66.7 Å². The van der Waals surface area contributed by atoms with Crippen molar-refractivity contribution < 1.29 is 9.53 Å². The van der Waals surface area contributed by atoms with Gasteiger partial charge in [0.1, 0.15) is 5.75 Å². The molecule has 0 spiro atoms. The molecule has 0 saturated carbocycles. The van der Waals surface area contributed by atoms with Crippen LogP contribution in [0.1, 0.15) is 12.5 Å². The zero-order valence-electron chi connectivity index (χ0n) is 15.6. The summed E-state index contributed by atoms with van der Waals surface area (Å²) in [4.78, 5) is 17.0. The zero-order valence-corrected chi connectivity index (χ0v) is 15.6. The van der Waals surface area contributed by atoms with Crippen molar-refractivity contribution in [3.63, 3.8) is 0 Å². The Balaban J connectivity index is 1.64. The van der Waals surface area contributed by atoms with Gasteiger partial charge < -0.3 is 15.8 Å². The summed E-state index contributed by atoms with van der Waals surface area (Å²) in [5, 5.41) is 4.65. The molecule has 4 rings (SSSR count). The van der Waals surface area contributed by atoms with E-state index in [9.17, 15) is 4.79 Å². The van der Waals surface area contributed by atoms with Gasteiger partial charge in [-0.3, -0.25) is 4.79 Å². The summed E-state index contributed by atoms with van der Waals surface area (Å²) in [5.74, 6) is 0.702. The third kappa shape index (κ3) is 3.60. The molecule has 3 aromatic carbocycles. The Morgan fingerprint density at radius 1 is 1.00 bits per heavy atom. The van der Waals surface area contributed by atoms with Gasteiger partial charge in [-0.15, -0.1) is 0 Å². The normalized spacial score (nSPS) is 10.9. The van der Waals surface area contributed by atoms with Crippen LogP contribution in [0.2, 0.25) is 0 Å². The highest BCUT2D eigenvalue weighted by molar-refractivity contribution is 6.08.